The number of nitrogens with zero attached hydrogens (tertiary/aromatic N) is 2. The number of aromatic nitrogens is 2. The van der Waals surface area contributed by atoms with Crippen molar-refractivity contribution in [3.8, 4) is 0 Å². The summed E-state index contributed by atoms with van der Waals surface area (Å²) >= 11 is 0. The molecule has 0 saturated carbocycles. The van der Waals surface area contributed by atoms with Gasteiger partial charge in [-0.25, -0.2) is 9.97 Å². The first-order valence-corrected chi connectivity index (χ1v) is 5.83. The maximum Gasteiger partial charge on any atom is 0.251 e. The van der Waals surface area contributed by atoms with Gasteiger partial charge in [-0.2, -0.15) is 0 Å². The predicted octanol–water partition coefficient (Wildman–Crippen LogP) is 0.942. The molecule has 1 heterocycles. The van der Waals surface area contributed by atoms with Crippen LogP contribution in [0.3, 0.4) is 0 Å². The van der Waals surface area contributed by atoms with E-state index in [1.54, 1.807) is 42.7 Å². The van der Waals surface area contributed by atoms with Gasteiger partial charge in [0.15, 0.2) is 0 Å². The Hall–Kier alpha value is -2.47. The van der Waals surface area contributed by atoms with Crippen molar-refractivity contribution >= 4 is 17.5 Å². The summed E-state index contributed by atoms with van der Waals surface area (Å²) in [5.74, 6) is 0.288. The highest BCUT2D eigenvalue weighted by Crippen LogP contribution is 2.13. The van der Waals surface area contributed by atoms with Crippen molar-refractivity contribution in [2.45, 2.75) is 0 Å². The number of carbonyl (C=O) groups is 1. The summed E-state index contributed by atoms with van der Waals surface area (Å²) in [7, 11) is 0. The molecule has 0 aliphatic carbocycles. The summed E-state index contributed by atoms with van der Waals surface area (Å²) in [5.41, 5.74) is 1.33. The van der Waals surface area contributed by atoms with E-state index in [1.165, 1.54) is 0 Å². The molecule has 0 saturated heterocycles. The van der Waals surface area contributed by atoms with Crippen LogP contribution in [-0.4, -0.2) is 34.1 Å². The second-order valence-corrected chi connectivity index (χ2v) is 3.75. The SMILES string of the molecule is O=C(NCCO)c1ccc(Nc2ncccn2)cc1. The zero-order chi connectivity index (χ0) is 13.5. The summed E-state index contributed by atoms with van der Waals surface area (Å²) in [6, 6.07) is 8.66. The van der Waals surface area contributed by atoms with Crippen molar-refractivity contribution in [1.82, 2.24) is 15.3 Å². The van der Waals surface area contributed by atoms with Gasteiger partial charge in [0, 0.05) is 30.2 Å². The van der Waals surface area contributed by atoms with Crippen LogP contribution >= 0.6 is 0 Å². The number of amides is 1. The van der Waals surface area contributed by atoms with Crippen molar-refractivity contribution < 1.29 is 9.90 Å². The van der Waals surface area contributed by atoms with E-state index in [0.717, 1.165) is 5.69 Å². The molecule has 0 aliphatic heterocycles. The molecule has 0 atom stereocenters. The van der Waals surface area contributed by atoms with Gasteiger partial charge in [0.1, 0.15) is 0 Å². The second-order valence-electron chi connectivity index (χ2n) is 3.75. The quantitative estimate of drug-likeness (QED) is 0.743. The van der Waals surface area contributed by atoms with E-state index in [0.29, 0.717) is 11.5 Å². The molecule has 1 aromatic heterocycles. The van der Waals surface area contributed by atoms with Gasteiger partial charge in [-0.1, -0.05) is 0 Å². The number of hydrogen-bond donors (Lipinski definition) is 3. The van der Waals surface area contributed by atoms with E-state index >= 15 is 0 Å². The first-order chi connectivity index (χ1) is 9.29. The molecule has 6 nitrogen and oxygen atoms in total. The fourth-order valence-electron chi connectivity index (χ4n) is 1.47. The van der Waals surface area contributed by atoms with E-state index in [9.17, 15) is 4.79 Å². The number of anilines is 2. The number of benzene rings is 1. The van der Waals surface area contributed by atoms with Gasteiger partial charge in [0.2, 0.25) is 5.95 Å². The van der Waals surface area contributed by atoms with Gasteiger partial charge in [0.25, 0.3) is 5.91 Å². The molecular weight excluding hydrogens is 244 g/mol. The lowest BCUT2D eigenvalue weighted by Crippen LogP contribution is -2.26. The van der Waals surface area contributed by atoms with Crippen LogP contribution in [0.4, 0.5) is 11.6 Å². The van der Waals surface area contributed by atoms with E-state index in [4.69, 9.17) is 5.11 Å². The number of hydrogen-bond acceptors (Lipinski definition) is 5. The lowest BCUT2D eigenvalue weighted by molar-refractivity contribution is 0.0945. The van der Waals surface area contributed by atoms with Crippen LogP contribution in [0.25, 0.3) is 0 Å². The van der Waals surface area contributed by atoms with Crippen LogP contribution in [0, 0.1) is 0 Å². The average Bonchev–Trinajstić information content (AvgIpc) is 2.46. The summed E-state index contributed by atoms with van der Waals surface area (Å²) in [4.78, 5) is 19.7. The summed E-state index contributed by atoms with van der Waals surface area (Å²) < 4.78 is 0. The van der Waals surface area contributed by atoms with Crippen LogP contribution in [0.5, 0.6) is 0 Å². The Labute approximate surface area is 110 Å². The lowest BCUT2D eigenvalue weighted by atomic mass is 10.2. The molecule has 19 heavy (non-hydrogen) atoms. The Morgan fingerprint density at radius 3 is 2.47 bits per heavy atom. The second kappa shape index (κ2) is 6.46. The standard InChI is InChI=1S/C13H14N4O2/c18-9-8-14-12(19)10-2-4-11(5-3-10)17-13-15-6-1-7-16-13/h1-7,18H,8-9H2,(H,14,19)(H,15,16,17). The molecule has 0 radical (unpaired) electrons. The third kappa shape index (κ3) is 3.75. The van der Waals surface area contributed by atoms with E-state index in [1.807, 2.05) is 0 Å². The third-order valence-electron chi connectivity index (χ3n) is 2.37. The Morgan fingerprint density at radius 2 is 1.84 bits per heavy atom. The summed E-state index contributed by atoms with van der Waals surface area (Å²) in [6.45, 7) is 0.174. The molecule has 6 heteroatoms. The van der Waals surface area contributed by atoms with Gasteiger partial charge >= 0.3 is 0 Å². The summed E-state index contributed by atoms with van der Waals surface area (Å²) in [6.07, 6.45) is 3.29. The zero-order valence-corrected chi connectivity index (χ0v) is 10.2. The zero-order valence-electron chi connectivity index (χ0n) is 10.2. The third-order valence-corrected chi connectivity index (χ3v) is 2.37. The number of aliphatic hydroxyl groups is 1. The Balaban J connectivity index is 2.00. The number of rotatable bonds is 5. The fraction of sp³-hybridized carbons (Fsp3) is 0.154. The first-order valence-electron chi connectivity index (χ1n) is 5.83. The average molecular weight is 258 g/mol. The van der Waals surface area contributed by atoms with E-state index < -0.39 is 0 Å². The van der Waals surface area contributed by atoms with Gasteiger partial charge in [-0.15, -0.1) is 0 Å². The van der Waals surface area contributed by atoms with E-state index in [2.05, 4.69) is 20.6 Å². The van der Waals surface area contributed by atoms with Crippen molar-refractivity contribution in [3.05, 3.63) is 48.3 Å². The molecule has 98 valence electrons. The highest BCUT2D eigenvalue weighted by molar-refractivity contribution is 5.94. The molecule has 0 bridgehead atoms. The highest BCUT2D eigenvalue weighted by Gasteiger charge is 2.04. The van der Waals surface area contributed by atoms with Gasteiger partial charge < -0.3 is 15.7 Å². The van der Waals surface area contributed by atoms with Crippen LogP contribution in [0.15, 0.2) is 42.7 Å². The predicted molar refractivity (Wildman–Crippen MR) is 71.2 cm³/mol. The Morgan fingerprint density at radius 1 is 1.16 bits per heavy atom. The number of carbonyl (C=O) groups excluding carboxylic acids is 1. The number of nitrogens with one attached hydrogen (secondary N) is 2. The van der Waals surface area contributed by atoms with Gasteiger partial charge in [-0.05, 0) is 30.3 Å². The fourth-order valence-corrected chi connectivity index (χ4v) is 1.47. The van der Waals surface area contributed by atoms with Crippen LogP contribution in [-0.2, 0) is 0 Å². The molecule has 0 fully saturated rings. The minimum Gasteiger partial charge on any atom is -0.395 e. The normalized spacial score (nSPS) is 9.95. The largest absolute Gasteiger partial charge is 0.395 e. The molecule has 1 amide bonds. The molecule has 0 unspecified atom stereocenters. The molecular formula is C13H14N4O2. The number of aliphatic hydroxyl groups excluding tert-OH is 1. The smallest absolute Gasteiger partial charge is 0.251 e. The summed E-state index contributed by atoms with van der Waals surface area (Å²) in [5, 5.41) is 14.2. The van der Waals surface area contributed by atoms with Crippen molar-refractivity contribution in [3.63, 3.8) is 0 Å². The topological polar surface area (TPSA) is 87.1 Å². The van der Waals surface area contributed by atoms with E-state index in [-0.39, 0.29) is 19.1 Å². The molecule has 2 aromatic rings. The van der Waals surface area contributed by atoms with Crippen molar-refractivity contribution in [2.24, 2.45) is 0 Å². The molecule has 2 rings (SSSR count). The first kappa shape index (κ1) is 13.0. The highest BCUT2D eigenvalue weighted by atomic mass is 16.3. The van der Waals surface area contributed by atoms with Gasteiger partial charge in [0.05, 0.1) is 6.61 Å². The minimum atomic E-state index is -0.212. The Kier molecular flexibility index (Phi) is 4.41. The monoisotopic (exact) mass is 258 g/mol. The van der Waals surface area contributed by atoms with Crippen LogP contribution in [0.1, 0.15) is 10.4 Å². The van der Waals surface area contributed by atoms with Crippen LogP contribution in [0.2, 0.25) is 0 Å². The molecule has 0 spiro atoms. The van der Waals surface area contributed by atoms with Gasteiger partial charge in [-0.3, -0.25) is 4.79 Å². The minimum absolute atomic E-state index is 0.0727. The Bertz CT molecular complexity index is 528. The lowest BCUT2D eigenvalue weighted by Gasteiger charge is -2.06. The maximum absolute atomic E-state index is 11.6. The maximum atomic E-state index is 11.6. The van der Waals surface area contributed by atoms with Crippen molar-refractivity contribution in [2.75, 3.05) is 18.5 Å². The molecule has 0 aliphatic rings. The van der Waals surface area contributed by atoms with Crippen molar-refractivity contribution in [1.29, 1.82) is 0 Å². The van der Waals surface area contributed by atoms with Crippen LogP contribution < -0.4 is 10.6 Å². The molecule has 1 aromatic carbocycles. The molecule has 3 N–H and O–H groups in total.